The van der Waals surface area contributed by atoms with Crippen LogP contribution in [-0.2, 0) is 0 Å². The van der Waals surface area contributed by atoms with Crippen LogP contribution in [0, 0.1) is 0 Å². The van der Waals surface area contributed by atoms with Crippen molar-refractivity contribution < 1.29 is 19.8 Å². The summed E-state index contributed by atoms with van der Waals surface area (Å²) in [6.45, 7) is 7.03. The maximum absolute atomic E-state index is 13.0. The molecule has 2 N–H and O–H groups in total. The second kappa shape index (κ2) is 6.47. The van der Waals surface area contributed by atoms with Gasteiger partial charge in [0.2, 0.25) is 0 Å². The summed E-state index contributed by atoms with van der Waals surface area (Å²) in [6.07, 6.45) is -0.0937. The van der Waals surface area contributed by atoms with Gasteiger partial charge in [-0.2, -0.15) is 0 Å². The number of fused-ring (bicyclic) bond motifs is 2. The SMILES string of the molecule is C=CC(O)N(c1cccc2c1C(=O)c1ccccc1C2=O)C(O)C=C. The van der Waals surface area contributed by atoms with Crippen LogP contribution in [0.5, 0.6) is 0 Å². The highest BCUT2D eigenvalue weighted by atomic mass is 16.3. The highest BCUT2D eigenvalue weighted by molar-refractivity contribution is 6.30. The molecule has 25 heavy (non-hydrogen) atoms. The normalized spacial score (nSPS) is 15.0. The first-order chi connectivity index (χ1) is 12.0. The van der Waals surface area contributed by atoms with Gasteiger partial charge in [0, 0.05) is 16.7 Å². The van der Waals surface area contributed by atoms with Crippen molar-refractivity contribution in [2.75, 3.05) is 4.90 Å². The number of rotatable bonds is 5. The Hall–Kier alpha value is -3.02. The van der Waals surface area contributed by atoms with Crippen LogP contribution in [-0.4, -0.2) is 34.2 Å². The molecule has 0 heterocycles. The fraction of sp³-hybridized carbons (Fsp3) is 0.100. The molecule has 0 saturated heterocycles. The van der Waals surface area contributed by atoms with Crippen LogP contribution in [0.4, 0.5) is 5.69 Å². The molecule has 0 aromatic heterocycles. The average Bonchev–Trinajstić information content (AvgIpc) is 2.65. The zero-order valence-corrected chi connectivity index (χ0v) is 13.4. The topological polar surface area (TPSA) is 77.8 Å². The van der Waals surface area contributed by atoms with Gasteiger partial charge in [0.05, 0.1) is 11.3 Å². The summed E-state index contributed by atoms with van der Waals surface area (Å²) >= 11 is 0. The number of aliphatic hydroxyl groups excluding tert-OH is 2. The molecule has 0 bridgehead atoms. The van der Waals surface area contributed by atoms with Crippen LogP contribution < -0.4 is 4.90 Å². The molecule has 2 unspecified atom stereocenters. The molecule has 1 aliphatic rings. The van der Waals surface area contributed by atoms with Crippen LogP contribution in [0.3, 0.4) is 0 Å². The van der Waals surface area contributed by atoms with Crippen molar-refractivity contribution in [2.45, 2.75) is 12.5 Å². The third-order valence-corrected chi connectivity index (χ3v) is 4.20. The molecule has 5 heteroatoms. The first-order valence-corrected chi connectivity index (χ1v) is 7.72. The van der Waals surface area contributed by atoms with Crippen LogP contribution in [0.1, 0.15) is 31.8 Å². The van der Waals surface area contributed by atoms with Gasteiger partial charge in [0.25, 0.3) is 0 Å². The Bertz CT molecular complexity index is 873. The number of hydrogen-bond acceptors (Lipinski definition) is 5. The monoisotopic (exact) mass is 335 g/mol. The molecular formula is C20H17NO4. The van der Waals surface area contributed by atoms with E-state index in [0.717, 1.165) is 0 Å². The van der Waals surface area contributed by atoms with Gasteiger partial charge in [-0.1, -0.05) is 49.6 Å². The largest absolute Gasteiger partial charge is 0.370 e. The molecule has 2 aromatic carbocycles. The van der Waals surface area contributed by atoms with Crippen molar-refractivity contribution in [1.82, 2.24) is 0 Å². The summed E-state index contributed by atoms with van der Waals surface area (Å²) in [5.74, 6) is -0.605. The lowest BCUT2D eigenvalue weighted by molar-refractivity contribution is 0.0976. The van der Waals surface area contributed by atoms with Crippen LogP contribution >= 0.6 is 0 Å². The Balaban J connectivity index is 2.26. The van der Waals surface area contributed by atoms with Crippen molar-refractivity contribution >= 4 is 17.3 Å². The van der Waals surface area contributed by atoms with Crippen molar-refractivity contribution in [3.8, 4) is 0 Å². The smallest absolute Gasteiger partial charge is 0.196 e. The molecule has 3 rings (SSSR count). The number of carbonyl (C=O) groups is 2. The minimum atomic E-state index is -1.26. The average molecular weight is 335 g/mol. The number of carbonyl (C=O) groups excluding carboxylic acids is 2. The number of ketones is 2. The third kappa shape index (κ3) is 2.59. The number of anilines is 1. The first kappa shape index (κ1) is 16.8. The summed E-state index contributed by atoms with van der Waals surface area (Å²) in [5, 5.41) is 20.5. The van der Waals surface area contributed by atoms with E-state index in [1.807, 2.05) is 0 Å². The van der Waals surface area contributed by atoms with E-state index in [1.54, 1.807) is 42.5 Å². The predicted molar refractivity (Wildman–Crippen MR) is 94.6 cm³/mol. The lowest BCUT2D eigenvalue weighted by Crippen LogP contribution is -2.43. The molecule has 0 saturated carbocycles. The number of nitrogens with zero attached hydrogens (tertiary/aromatic N) is 1. The van der Waals surface area contributed by atoms with E-state index in [4.69, 9.17) is 0 Å². The fourth-order valence-corrected chi connectivity index (χ4v) is 3.01. The van der Waals surface area contributed by atoms with E-state index < -0.39 is 12.5 Å². The van der Waals surface area contributed by atoms with Crippen LogP contribution in [0.25, 0.3) is 0 Å². The predicted octanol–water partition coefficient (Wildman–Crippen LogP) is 2.28. The van der Waals surface area contributed by atoms with Gasteiger partial charge in [-0.15, -0.1) is 0 Å². The molecule has 1 aliphatic carbocycles. The Kier molecular flexibility index (Phi) is 4.35. The molecule has 0 spiro atoms. The first-order valence-electron chi connectivity index (χ1n) is 7.72. The van der Waals surface area contributed by atoms with Crippen LogP contribution in [0.2, 0.25) is 0 Å². The third-order valence-electron chi connectivity index (χ3n) is 4.20. The van der Waals surface area contributed by atoms with Crippen molar-refractivity contribution in [2.24, 2.45) is 0 Å². The van der Waals surface area contributed by atoms with Gasteiger partial charge in [0.1, 0.15) is 12.5 Å². The summed E-state index contributed by atoms with van der Waals surface area (Å²) in [5.41, 5.74) is 1.27. The van der Waals surface area contributed by atoms with Crippen molar-refractivity contribution in [3.05, 3.63) is 90.0 Å². The zero-order chi connectivity index (χ0) is 18.1. The molecule has 0 aliphatic heterocycles. The molecule has 126 valence electrons. The molecular weight excluding hydrogens is 318 g/mol. The highest BCUT2D eigenvalue weighted by Crippen LogP contribution is 2.35. The van der Waals surface area contributed by atoms with Gasteiger partial charge in [-0.3, -0.25) is 9.59 Å². The fourth-order valence-electron chi connectivity index (χ4n) is 3.01. The van der Waals surface area contributed by atoms with E-state index in [0.29, 0.717) is 11.1 Å². The van der Waals surface area contributed by atoms with E-state index in [2.05, 4.69) is 13.2 Å². The van der Waals surface area contributed by atoms with Gasteiger partial charge in [-0.25, -0.2) is 0 Å². The maximum Gasteiger partial charge on any atom is 0.196 e. The zero-order valence-electron chi connectivity index (χ0n) is 13.4. The second-order valence-corrected chi connectivity index (χ2v) is 5.61. The van der Waals surface area contributed by atoms with E-state index in [-0.39, 0.29) is 28.4 Å². The Morgan fingerprint density at radius 2 is 1.32 bits per heavy atom. The lowest BCUT2D eigenvalue weighted by atomic mass is 9.83. The second-order valence-electron chi connectivity index (χ2n) is 5.61. The molecule has 2 atom stereocenters. The highest BCUT2D eigenvalue weighted by Gasteiger charge is 2.34. The molecule has 0 radical (unpaired) electrons. The standard InChI is InChI=1S/C20H17NO4/c1-3-16(22)21(17(23)4-2)15-11-7-10-14-18(15)20(25)13-9-6-5-8-12(13)19(14)24/h3-11,16-17,22-23H,1-2H2. The van der Waals surface area contributed by atoms with Gasteiger partial charge in [0.15, 0.2) is 11.6 Å². The minimum Gasteiger partial charge on any atom is -0.370 e. The van der Waals surface area contributed by atoms with Gasteiger partial charge in [-0.05, 0) is 18.2 Å². The molecule has 5 nitrogen and oxygen atoms in total. The van der Waals surface area contributed by atoms with Crippen molar-refractivity contribution in [3.63, 3.8) is 0 Å². The summed E-state index contributed by atoms with van der Waals surface area (Å²) < 4.78 is 0. The Morgan fingerprint density at radius 1 is 0.800 bits per heavy atom. The molecule has 0 amide bonds. The Morgan fingerprint density at radius 3 is 1.88 bits per heavy atom. The van der Waals surface area contributed by atoms with E-state index in [1.165, 1.54) is 17.1 Å². The van der Waals surface area contributed by atoms with Gasteiger partial charge < -0.3 is 15.1 Å². The van der Waals surface area contributed by atoms with E-state index in [9.17, 15) is 19.8 Å². The quantitative estimate of drug-likeness (QED) is 0.552. The summed E-state index contributed by atoms with van der Waals surface area (Å²) in [6, 6.07) is 11.3. The number of aliphatic hydroxyl groups is 2. The molecule has 2 aromatic rings. The van der Waals surface area contributed by atoms with Crippen molar-refractivity contribution in [1.29, 1.82) is 0 Å². The van der Waals surface area contributed by atoms with E-state index >= 15 is 0 Å². The summed E-state index contributed by atoms with van der Waals surface area (Å²) in [7, 11) is 0. The number of hydrogen-bond donors (Lipinski definition) is 2. The number of benzene rings is 2. The van der Waals surface area contributed by atoms with Gasteiger partial charge >= 0.3 is 0 Å². The maximum atomic E-state index is 13.0. The lowest BCUT2D eigenvalue weighted by Gasteiger charge is -2.34. The minimum absolute atomic E-state index is 0.146. The summed E-state index contributed by atoms with van der Waals surface area (Å²) in [4.78, 5) is 27.0. The molecule has 0 fully saturated rings. The Labute approximate surface area is 145 Å². The van der Waals surface area contributed by atoms with Crippen LogP contribution in [0.15, 0.2) is 67.8 Å².